The molecular formula is C20H24N2O3. The molecule has 0 saturated carbocycles. The van der Waals surface area contributed by atoms with Crippen LogP contribution < -0.4 is 0 Å². The molecule has 2 aromatic carbocycles. The molecule has 25 heavy (non-hydrogen) atoms. The molecule has 3 rings (SSSR count). The van der Waals surface area contributed by atoms with Crippen LogP contribution in [-0.4, -0.2) is 29.1 Å². The molecule has 0 spiro atoms. The second-order valence-corrected chi connectivity index (χ2v) is 6.61. The minimum absolute atomic E-state index is 0.189. The molecule has 0 amide bonds. The first-order valence-corrected chi connectivity index (χ1v) is 8.74. The fourth-order valence-corrected chi connectivity index (χ4v) is 3.38. The van der Waals surface area contributed by atoms with E-state index in [4.69, 9.17) is 4.74 Å². The number of ether oxygens (including phenoxy) is 1. The minimum Gasteiger partial charge on any atom is -0.377 e. The van der Waals surface area contributed by atoms with Gasteiger partial charge < -0.3 is 4.74 Å². The van der Waals surface area contributed by atoms with Gasteiger partial charge in [-0.3, -0.25) is 15.0 Å². The van der Waals surface area contributed by atoms with Crippen molar-refractivity contribution >= 4 is 5.69 Å². The van der Waals surface area contributed by atoms with Crippen LogP contribution in [0.5, 0.6) is 0 Å². The Labute approximate surface area is 148 Å². The Morgan fingerprint density at radius 1 is 1.16 bits per heavy atom. The summed E-state index contributed by atoms with van der Waals surface area (Å²) in [5.41, 5.74) is 3.18. The second-order valence-electron chi connectivity index (χ2n) is 6.61. The number of nitro groups is 1. The summed E-state index contributed by atoms with van der Waals surface area (Å²) in [5.74, 6) is 0. The molecule has 5 heteroatoms. The van der Waals surface area contributed by atoms with Gasteiger partial charge in [-0.05, 0) is 30.9 Å². The third-order valence-electron chi connectivity index (χ3n) is 4.74. The van der Waals surface area contributed by atoms with Gasteiger partial charge in [0.2, 0.25) is 0 Å². The van der Waals surface area contributed by atoms with Crippen molar-refractivity contribution in [2.75, 3.05) is 13.2 Å². The molecular weight excluding hydrogens is 316 g/mol. The number of hydrogen-bond acceptors (Lipinski definition) is 4. The van der Waals surface area contributed by atoms with Gasteiger partial charge in [0.1, 0.15) is 0 Å². The van der Waals surface area contributed by atoms with E-state index in [9.17, 15) is 10.1 Å². The lowest BCUT2D eigenvalue weighted by molar-refractivity contribution is -0.385. The Bertz CT molecular complexity index is 712. The van der Waals surface area contributed by atoms with Crippen LogP contribution in [-0.2, 0) is 17.8 Å². The van der Waals surface area contributed by atoms with E-state index >= 15 is 0 Å². The highest BCUT2D eigenvalue weighted by Gasteiger charge is 2.21. The number of rotatable bonds is 7. The molecule has 0 radical (unpaired) electrons. The molecule has 132 valence electrons. The largest absolute Gasteiger partial charge is 0.377 e. The number of nitro benzene ring substituents is 1. The Balaban J connectivity index is 1.79. The Morgan fingerprint density at radius 2 is 1.96 bits per heavy atom. The van der Waals surface area contributed by atoms with Crippen LogP contribution in [0.2, 0.25) is 0 Å². The molecule has 0 aromatic heterocycles. The fraction of sp³-hybridized carbons (Fsp3) is 0.400. The standard InChI is InChI=1S/C20H24N2O3/c1-16-18(9-5-11-20(16)22(23)24)14-21(15-19-10-6-12-25-19)13-17-7-3-2-4-8-17/h2-5,7-9,11,19H,6,10,12-15H2,1H3. The van der Waals surface area contributed by atoms with Crippen molar-refractivity contribution in [3.8, 4) is 0 Å². The maximum atomic E-state index is 11.2. The van der Waals surface area contributed by atoms with Crippen LogP contribution in [0.4, 0.5) is 5.69 Å². The molecule has 1 aliphatic rings. The average Bonchev–Trinajstić information content (AvgIpc) is 3.10. The lowest BCUT2D eigenvalue weighted by Crippen LogP contribution is -2.31. The van der Waals surface area contributed by atoms with E-state index in [1.54, 1.807) is 12.1 Å². The smallest absolute Gasteiger partial charge is 0.272 e. The van der Waals surface area contributed by atoms with Gasteiger partial charge in [0, 0.05) is 37.9 Å². The average molecular weight is 340 g/mol. The first-order chi connectivity index (χ1) is 12.1. The molecule has 0 N–H and O–H groups in total. The monoisotopic (exact) mass is 340 g/mol. The Kier molecular flexibility index (Phi) is 5.79. The predicted octanol–water partition coefficient (Wildman–Crippen LogP) is 4.08. The zero-order valence-electron chi connectivity index (χ0n) is 14.6. The minimum atomic E-state index is -0.305. The lowest BCUT2D eigenvalue weighted by atomic mass is 10.1. The fourth-order valence-electron chi connectivity index (χ4n) is 3.38. The Hall–Kier alpha value is -2.24. The summed E-state index contributed by atoms with van der Waals surface area (Å²) in [5, 5.41) is 11.2. The molecule has 0 aliphatic carbocycles. The zero-order chi connectivity index (χ0) is 17.6. The van der Waals surface area contributed by atoms with Crippen molar-refractivity contribution in [2.24, 2.45) is 0 Å². The highest BCUT2D eigenvalue weighted by molar-refractivity contribution is 5.44. The van der Waals surface area contributed by atoms with Crippen molar-refractivity contribution in [3.63, 3.8) is 0 Å². The molecule has 1 fully saturated rings. The van der Waals surface area contributed by atoms with Crippen molar-refractivity contribution in [3.05, 3.63) is 75.3 Å². The molecule has 5 nitrogen and oxygen atoms in total. The summed E-state index contributed by atoms with van der Waals surface area (Å²) >= 11 is 0. The predicted molar refractivity (Wildman–Crippen MR) is 97.4 cm³/mol. The van der Waals surface area contributed by atoms with Gasteiger partial charge in [0.15, 0.2) is 0 Å². The van der Waals surface area contributed by atoms with Crippen LogP contribution in [0.1, 0.15) is 29.5 Å². The summed E-state index contributed by atoms with van der Waals surface area (Å²) in [6.45, 7) is 5.00. The quantitative estimate of drug-likeness (QED) is 0.563. The Morgan fingerprint density at radius 3 is 2.64 bits per heavy atom. The van der Waals surface area contributed by atoms with Gasteiger partial charge in [-0.15, -0.1) is 0 Å². The van der Waals surface area contributed by atoms with Crippen LogP contribution in [0.3, 0.4) is 0 Å². The van der Waals surface area contributed by atoms with Crippen molar-refractivity contribution in [1.29, 1.82) is 0 Å². The summed E-state index contributed by atoms with van der Waals surface area (Å²) in [6.07, 6.45) is 2.45. The molecule has 1 aliphatic heterocycles. The van der Waals surface area contributed by atoms with Crippen LogP contribution in [0.15, 0.2) is 48.5 Å². The molecule has 1 heterocycles. The van der Waals surface area contributed by atoms with Crippen molar-refractivity contribution in [1.82, 2.24) is 4.90 Å². The lowest BCUT2D eigenvalue weighted by Gasteiger charge is -2.26. The van der Waals surface area contributed by atoms with E-state index in [-0.39, 0.29) is 16.7 Å². The van der Waals surface area contributed by atoms with Gasteiger partial charge in [-0.1, -0.05) is 42.5 Å². The molecule has 2 aromatic rings. The second kappa shape index (κ2) is 8.23. The molecule has 0 bridgehead atoms. The number of nitrogens with zero attached hydrogens (tertiary/aromatic N) is 2. The normalized spacial score (nSPS) is 17.1. The summed E-state index contributed by atoms with van der Waals surface area (Å²) < 4.78 is 5.80. The van der Waals surface area contributed by atoms with Crippen LogP contribution >= 0.6 is 0 Å². The van der Waals surface area contributed by atoms with E-state index in [1.807, 2.05) is 31.2 Å². The highest BCUT2D eigenvalue weighted by atomic mass is 16.6. The third kappa shape index (κ3) is 4.65. The summed E-state index contributed by atoms with van der Waals surface area (Å²) in [7, 11) is 0. The molecule has 1 unspecified atom stereocenters. The third-order valence-corrected chi connectivity index (χ3v) is 4.74. The topological polar surface area (TPSA) is 55.6 Å². The zero-order valence-corrected chi connectivity index (χ0v) is 14.6. The van der Waals surface area contributed by atoms with Crippen molar-refractivity contribution < 1.29 is 9.66 Å². The molecule has 1 saturated heterocycles. The van der Waals surface area contributed by atoms with E-state index in [1.165, 1.54) is 5.56 Å². The van der Waals surface area contributed by atoms with Gasteiger partial charge in [-0.25, -0.2) is 0 Å². The van der Waals surface area contributed by atoms with E-state index in [0.717, 1.165) is 43.7 Å². The van der Waals surface area contributed by atoms with Crippen LogP contribution in [0, 0.1) is 17.0 Å². The van der Waals surface area contributed by atoms with Crippen molar-refractivity contribution in [2.45, 2.75) is 39.0 Å². The highest BCUT2D eigenvalue weighted by Crippen LogP contribution is 2.24. The van der Waals surface area contributed by atoms with E-state index in [2.05, 4.69) is 17.0 Å². The number of benzene rings is 2. The number of hydrogen-bond donors (Lipinski definition) is 0. The van der Waals surface area contributed by atoms with Crippen LogP contribution in [0.25, 0.3) is 0 Å². The van der Waals surface area contributed by atoms with Gasteiger partial charge in [0.05, 0.1) is 11.0 Å². The van der Waals surface area contributed by atoms with Gasteiger partial charge >= 0.3 is 0 Å². The van der Waals surface area contributed by atoms with Gasteiger partial charge in [0.25, 0.3) is 5.69 Å². The molecule has 1 atom stereocenters. The van der Waals surface area contributed by atoms with E-state index < -0.39 is 0 Å². The summed E-state index contributed by atoms with van der Waals surface area (Å²) in [4.78, 5) is 13.2. The summed E-state index contributed by atoms with van der Waals surface area (Å²) in [6, 6.07) is 15.6. The SMILES string of the molecule is Cc1c(CN(Cc2ccccc2)CC2CCCO2)cccc1[N+](=O)[O-]. The first-order valence-electron chi connectivity index (χ1n) is 8.74. The van der Waals surface area contributed by atoms with E-state index in [0.29, 0.717) is 6.54 Å². The first kappa shape index (κ1) is 17.6. The maximum Gasteiger partial charge on any atom is 0.272 e. The maximum absolute atomic E-state index is 11.2. The van der Waals surface area contributed by atoms with Gasteiger partial charge in [-0.2, -0.15) is 0 Å².